The molecule has 26 heavy (non-hydrogen) atoms. The van der Waals surface area contributed by atoms with E-state index in [1.54, 1.807) is 13.4 Å². The second kappa shape index (κ2) is 8.94. The lowest BCUT2D eigenvalue weighted by molar-refractivity contribution is 0.155. The zero-order valence-corrected chi connectivity index (χ0v) is 16.6. The van der Waals surface area contributed by atoms with Crippen LogP contribution >= 0.6 is 0 Å². The van der Waals surface area contributed by atoms with Crippen molar-refractivity contribution >= 4 is 5.96 Å². The molecule has 2 aliphatic carbocycles. The number of methoxy groups -OCH3 is 1. The zero-order chi connectivity index (χ0) is 18.4. The highest BCUT2D eigenvalue weighted by molar-refractivity contribution is 5.80. The minimum atomic E-state index is 0.139. The van der Waals surface area contributed by atoms with Crippen LogP contribution in [0.2, 0.25) is 0 Å². The smallest absolute Gasteiger partial charge is 0.191 e. The van der Waals surface area contributed by atoms with Gasteiger partial charge in [0.2, 0.25) is 0 Å². The number of nitrogens with zero attached hydrogens (tertiary/aromatic N) is 1. The molecule has 1 heterocycles. The summed E-state index contributed by atoms with van der Waals surface area (Å²) >= 11 is 0. The Morgan fingerprint density at radius 2 is 2.23 bits per heavy atom. The van der Waals surface area contributed by atoms with Crippen LogP contribution in [0.1, 0.15) is 51.7 Å². The maximum atomic E-state index is 5.43. The molecule has 0 aromatic carbocycles. The topological polar surface area (TPSA) is 58.8 Å². The summed E-state index contributed by atoms with van der Waals surface area (Å²) in [5.74, 6) is 3.73. The van der Waals surface area contributed by atoms with Gasteiger partial charge in [-0.15, -0.1) is 0 Å². The summed E-state index contributed by atoms with van der Waals surface area (Å²) in [5, 5.41) is 7.25. The van der Waals surface area contributed by atoms with E-state index in [0.29, 0.717) is 6.04 Å². The van der Waals surface area contributed by atoms with Crippen molar-refractivity contribution in [2.75, 3.05) is 26.8 Å². The molecule has 0 aliphatic heterocycles. The molecule has 3 rings (SSSR count). The number of fused-ring (bicyclic) bond motifs is 2. The molecule has 5 heteroatoms. The summed E-state index contributed by atoms with van der Waals surface area (Å²) in [4.78, 5) is 4.92. The van der Waals surface area contributed by atoms with Gasteiger partial charge in [0, 0.05) is 39.3 Å². The maximum absolute atomic E-state index is 5.43. The fraction of sp³-hybridized carbons (Fsp3) is 0.762. The first-order valence-electron chi connectivity index (χ1n) is 10.1. The van der Waals surface area contributed by atoms with Gasteiger partial charge in [-0.2, -0.15) is 0 Å². The normalized spacial score (nSPS) is 25.7. The second-order valence-electron chi connectivity index (χ2n) is 8.75. The number of furan rings is 1. The van der Waals surface area contributed by atoms with Gasteiger partial charge >= 0.3 is 0 Å². The van der Waals surface area contributed by atoms with E-state index in [1.807, 2.05) is 12.1 Å². The van der Waals surface area contributed by atoms with Crippen molar-refractivity contribution in [3.63, 3.8) is 0 Å². The van der Waals surface area contributed by atoms with Crippen LogP contribution in [0.5, 0.6) is 0 Å². The van der Waals surface area contributed by atoms with E-state index in [-0.39, 0.29) is 5.41 Å². The third kappa shape index (κ3) is 5.50. The number of hydrogen-bond acceptors (Lipinski definition) is 3. The average Bonchev–Trinajstić information content (AvgIpc) is 3.36. The zero-order valence-electron chi connectivity index (χ0n) is 16.6. The first kappa shape index (κ1) is 19.3. The number of guanidine groups is 1. The van der Waals surface area contributed by atoms with E-state index in [4.69, 9.17) is 14.1 Å². The summed E-state index contributed by atoms with van der Waals surface area (Å²) < 4.78 is 10.7. The molecule has 5 nitrogen and oxygen atoms in total. The number of ether oxygens (including phenoxy) is 1. The molecular formula is C21H35N3O2. The molecule has 146 valence electrons. The fourth-order valence-corrected chi connectivity index (χ4v) is 4.26. The monoisotopic (exact) mass is 361 g/mol. The van der Waals surface area contributed by atoms with Crippen LogP contribution in [0.25, 0.3) is 0 Å². The van der Waals surface area contributed by atoms with Crippen molar-refractivity contribution in [3.05, 3.63) is 24.2 Å². The van der Waals surface area contributed by atoms with Crippen LogP contribution in [-0.4, -0.2) is 38.8 Å². The van der Waals surface area contributed by atoms with Gasteiger partial charge in [0.05, 0.1) is 6.26 Å². The van der Waals surface area contributed by atoms with Crippen molar-refractivity contribution < 1.29 is 9.15 Å². The number of hydrogen-bond donors (Lipinski definition) is 2. The van der Waals surface area contributed by atoms with Crippen molar-refractivity contribution in [1.29, 1.82) is 0 Å². The van der Waals surface area contributed by atoms with E-state index < -0.39 is 0 Å². The predicted molar refractivity (Wildman–Crippen MR) is 105 cm³/mol. The van der Waals surface area contributed by atoms with Gasteiger partial charge in [0.15, 0.2) is 5.96 Å². The molecule has 2 aliphatic rings. The Kier molecular flexibility index (Phi) is 6.63. The quantitative estimate of drug-likeness (QED) is 0.521. The largest absolute Gasteiger partial charge is 0.469 e. The molecule has 0 radical (unpaired) electrons. The Morgan fingerprint density at radius 1 is 1.35 bits per heavy atom. The minimum Gasteiger partial charge on any atom is -0.469 e. The van der Waals surface area contributed by atoms with Gasteiger partial charge < -0.3 is 19.8 Å². The molecule has 2 fully saturated rings. The lowest BCUT2D eigenvalue weighted by Gasteiger charge is -2.27. The Bertz CT molecular complexity index is 568. The summed E-state index contributed by atoms with van der Waals surface area (Å²) in [6.07, 6.45) is 9.12. The van der Waals surface area contributed by atoms with E-state index in [0.717, 1.165) is 56.1 Å². The van der Waals surface area contributed by atoms with Gasteiger partial charge in [-0.1, -0.05) is 20.3 Å². The van der Waals surface area contributed by atoms with E-state index in [9.17, 15) is 0 Å². The van der Waals surface area contributed by atoms with Crippen LogP contribution in [0.4, 0.5) is 0 Å². The molecule has 2 saturated carbocycles. The number of nitrogens with one attached hydrogen (secondary N) is 2. The highest BCUT2D eigenvalue weighted by Gasteiger charge is 2.39. The number of rotatable bonds is 9. The standard InChI is InChI=1S/C21H35N3O2/c1-21(2,9-12-25-3)15-23-20(22-10-8-18-5-4-11-26-18)24-19-14-16-6-7-17(19)13-16/h4-5,11,16-17,19H,6-10,12-15H2,1-3H3,(H2,22,23,24). The van der Waals surface area contributed by atoms with Gasteiger partial charge in [0.1, 0.15) is 5.76 Å². The average molecular weight is 362 g/mol. The van der Waals surface area contributed by atoms with Gasteiger partial charge in [-0.05, 0) is 55.1 Å². The van der Waals surface area contributed by atoms with Crippen LogP contribution in [0.15, 0.2) is 27.8 Å². The van der Waals surface area contributed by atoms with E-state index in [1.165, 1.54) is 25.7 Å². The molecule has 3 unspecified atom stereocenters. The summed E-state index contributed by atoms with van der Waals surface area (Å²) in [6.45, 7) is 6.93. The first-order valence-corrected chi connectivity index (χ1v) is 10.1. The highest BCUT2D eigenvalue weighted by atomic mass is 16.5. The summed E-state index contributed by atoms with van der Waals surface area (Å²) in [7, 11) is 1.76. The molecule has 2 bridgehead atoms. The molecule has 0 amide bonds. The first-order chi connectivity index (χ1) is 12.6. The third-order valence-corrected chi connectivity index (χ3v) is 5.95. The SMILES string of the molecule is COCCC(C)(C)CN=C(NCCc1ccco1)NC1CC2CCC1C2. The lowest BCUT2D eigenvalue weighted by Crippen LogP contribution is -2.46. The van der Waals surface area contributed by atoms with Gasteiger partial charge in [-0.25, -0.2) is 0 Å². The minimum absolute atomic E-state index is 0.139. The maximum Gasteiger partial charge on any atom is 0.191 e. The second-order valence-corrected chi connectivity index (χ2v) is 8.75. The van der Waals surface area contributed by atoms with Crippen molar-refractivity contribution in [2.24, 2.45) is 22.2 Å². The van der Waals surface area contributed by atoms with Crippen molar-refractivity contribution in [2.45, 2.75) is 58.4 Å². The number of aliphatic imine (C=N–C) groups is 1. The Balaban J connectivity index is 1.55. The molecule has 1 aromatic rings. The lowest BCUT2D eigenvalue weighted by atomic mass is 9.90. The highest BCUT2D eigenvalue weighted by Crippen LogP contribution is 2.44. The Labute approximate surface area is 158 Å². The third-order valence-electron chi connectivity index (χ3n) is 5.95. The van der Waals surface area contributed by atoms with Gasteiger partial charge in [0.25, 0.3) is 0 Å². The summed E-state index contributed by atoms with van der Waals surface area (Å²) in [6, 6.07) is 4.55. The van der Waals surface area contributed by atoms with Crippen LogP contribution in [0, 0.1) is 17.3 Å². The van der Waals surface area contributed by atoms with Crippen LogP contribution in [-0.2, 0) is 11.2 Å². The van der Waals surface area contributed by atoms with Crippen LogP contribution < -0.4 is 10.6 Å². The summed E-state index contributed by atoms with van der Waals surface area (Å²) in [5.41, 5.74) is 0.139. The molecular weight excluding hydrogens is 326 g/mol. The molecule has 3 atom stereocenters. The Morgan fingerprint density at radius 3 is 2.88 bits per heavy atom. The Hall–Kier alpha value is -1.49. The molecule has 2 N–H and O–H groups in total. The van der Waals surface area contributed by atoms with E-state index in [2.05, 4.69) is 24.5 Å². The predicted octanol–water partition coefficient (Wildman–Crippen LogP) is 3.61. The molecule has 0 spiro atoms. The van der Waals surface area contributed by atoms with Gasteiger partial charge in [-0.3, -0.25) is 4.99 Å². The fourth-order valence-electron chi connectivity index (χ4n) is 4.26. The molecule has 0 saturated heterocycles. The van der Waals surface area contributed by atoms with Crippen LogP contribution in [0.3, 0.4) is 0 Å². The van der Waals surface area contributed by atoms with E-state index >= 15 is 0 Å². The van der Waals surface area contributed by atoms with Crippen molar-refractivity contribution in [1.82, 2.24) is 10.6 Å². The van der Waals surface area contributed by atoms with Crippen molar-refractivity contribution in [3.8, 4) is 0 Å². The molecule has 1 aromatic heterocycles.